The standard InChI is InChI=1S/C12H24N2O/c1-14(11-8-12(9-11)15-2)10-4-3-6-13-7-5-10/h10-13H,3-9H2,1-2H3. The topological polar surface area (TPSA) is 24.5 Å². The van der Waals surface area contributed by atoms with Crippen LogP contribution in [0.25, 0.3) is 0 Å². The quantitative estimate of drug-likeness (QED) is 0.762. The Hall–Kier alpha value is -0.120. The molecule has 2 fully saturated rings. The van der Waals surface area contributed by atoms with Crippen molar-refractivity contribution in [2.24, 2.45) is 0 Å². The summed E-state index contributed by atoms with van der Waals surface area (Å²) in [5.74, 6) is 0. The molecule has 2 rings (SSSR count). The lowest BCUT2D eigenvalue weighted by atomic mass is 9.86. The summed E-state index contributed by atoms with van der Waals surface area (Å²) in [5.41, 5.74) is 0. The molecule has 1 heterocycles. The highest BCUT2D eigenvalue weighted by molar-refractivity contribution is 4.90. The van der Waals surface area contributed by atoms with Gasteiger partial charge in [0.1, 0.15) is 0 Å². The SMILES string of the molecule is COC1CC(N(C)C2CCCNCC2)C1. The molecule has 3 heteroatoms. The Labute approximate surface area is 93.2 Å². The lowest BCUT2D eigenvalue weighted by Crippen LogP contribution is -2.50. The van der Waals surface area contributed by atoms with Gasteiger partial charge in [0.05, 0.1) is 6.10 Å². The van der Waals surface area contributed by atoms with E-state index in [9.17, 15) is 0 Å². The first-order valence-corrected chi connectivity index (χ1v) is 6.26. The van der Waals surface area contributed by atoms with Crippen molar-refractivity contribution in [1.82, 2.24) is 10.2 Å². The Balaban J connectivity index is 1.77. The molecule has 88 valence electrons. The highest BCUT2D eigenvalue weighted by atomic mass is 16.5. The summed E-state index contributed by atoms with van der Waals surface area (Å²) in [7, 11) is 4.13. The van der Waals surface area contributed by atoms with E-state index in [1.54, 1.807) is 0 Å². The van der Waals surface area contributed by atoms with Crippen LogP contribution in [0, 0.1) is 0 Å². The minimum absolute atomic E-state index is 0.529. The van der Waals surface area contributed by atoms with Crippen LogP contribution in [0.3, 0.4) is 0 Å². The van der Waals surface area contributed by atoms with Crippen LogP contribution in [0.2, 0.25) is 0 Å². The third-order valence-corrected chi connectivity index (χ3v) is 4.10. The maximum absolute atomic E-state index is 5.34. The van der Waals surface area contributed by atoms with Gasteiger partial charge in [-0.3, -0.25) is 0 Å². The fourth-order valence-electron chi connectivity index (χ4n) is 2.77. The molecule has 0 radical (unpaired) electrons. The van der Waals surface area contributed by atoms with Crippen molar-refractivity contribution in [3.63, 3.8) is 0 Å². The van der Waals surface area contributed by atoms with Crippen molar-refractivity contribution in [1.29, 1.82) is 0 Å². The first-order valence-electron chi connectivity index (χ1n) is 6.26. The number of nitrogens with zero attached hydrogens (tertiary/aromatic N) is 1. The molecular formula is C12H24N2O. The molecule has 1 unspecified atom stereocenters. The Kier molecular flexibility index (Phi) is 4.00. The van der Waals surface area contributed by atoms with Crippen molar-refractivity contribution in [2.75, 3.05) is 27.2 Å². The number of hydrogen-bond donors (Lipinski definition) is 1. The van der Waals surface area contributed by atoms with Gasteiger partial charge in [0.2, 0.25) is 0 Å². The Morgan fingerprint density at radius 1 is 1.13 bits per heavy atom. The molecule has 2 aliphatic rings. The molecule has 0 aromatic carbocycles. The van der Waals surface area contributed by atoms with Crippen molar-refractivity contribution < 1.29 is 4.74 Å². The number of ether oxygens (including phenoxy) is 1. The average molecular weight is 212 g/mol. The summed E-state index contributed by atoms with van der Waals surface area (Å²) in [6, 6.07) is 1.57. The van der Waals surface area contributed by atoms with E-state index in [4.69, 9.17) is 4.74 Å². The van der Waals surface area contributed by atoms with E-state index < -0.39 is 0 Å². The van der Waals surface area contributed by atoms with Crippen molar-refractivity contribution in [3.8, 4) is 0 Å². The molecule has 15 heavy (non-hydrogen) atoms. The summed E-state index contributed by atoms with van der Waals surface area (Å²) in [6.07, 6.45) is 6.99. The van der Waals surface area contributed by atoms with Gasteiger partial charge in [-0.1, -0.05) is 0 Å². The van der Waals surface area contributed by atoms with Gasteiger partial charge in [-0.25, -0.2) is 0 Å². The first kappa shape index (κ1) is 11.4. The van der Waals surface area contributed by atoms with Crippen LogP contribution in [-0.4, -0.2) is 50.3 Å². The Bertz CT molecular complexity index is 184. The molecule has 1 saturated heterocycles. The minimum Gasteiger partial charge on any atom is -0.381 e. The van der Waals surface area contributed by atoms with E-state index >= 15 is 0 Å². The maximum Gasteiger partial charge on any atom is 0.0601 e. The molecule has 1 N–H and O–H groups in total. The van der Waals surface area contributed by atoms with E-state index in [1.807, 2.05) is 7.11 Å². The van der Waals surface area contributed by atoms with Gasteiger partial charge >= 0.3 is 0 Å². The Morgan fingerprint density at radius 2 is 1.93 bits per heavy atom. The van der Waals surface area contributed by atoms with Gasteiger partial charge in [0.25, 0.3) is 0 Å². The predicted molar refractivity (Wildman–Crippen MR) is 62.1 cm³/mol. The number of methoxy groups -OCH3 is 1. The van der Waals surface area contributed by atoms with E-state index in [0.717, 1.165) is 12.1 Å². The second-order valence-electron chi connectivity index (χ2n) is 4.98. The second-order valence-corrected chi connectivity index (χ2v) is 4.98. The number of hydrogen-bond acceptors (Lipinski definition) is 3. The molecule has 0 spiro atoms. The van der Waals surface area contributed by atoms with Gasteiger partial charge in [-0.15, -0.1) is 0 Å². The van der Waals surface area contributed by atoms with Crippen LogP contribution in [-0.2, 0) is 4.74 Å². The molecule has 1 aliphatic heterocycles. The molecule has 0 aromatic heterocycles. The van der Waals surface area contributed by atoms with E-state index in [2.05, 4.69) is 17.3 Å². The number of nitrogens with one attached hydrogen (secondary N) is 1. The molecule has 3 nitrogen and oxygen atoms in total. The lowest BCUT2D eigenvalue weighted by Gasteiger charge is -2.43. The average Bonchev–Trinajstić information content (AvgIpc) is 2.43. The summed E-state index contributed by atoms with van der Waals surface area (Å²) < 4.78 is 5.34. The largest absolute Gasteiger partial charge is 0.381 e. The van der Waals surface area contributed by atoms with Crippen LogP contribution in [0.15, 0.2) is 0 Å². The first-order chi connectivity index (χ1) is 7.31. The summed E-state index contributed by atoms with van der Waals surface area (Å²) in [5, 5.41) is 3.48. The van der Waals surface area contributed by atoms with E-state index in [0.29, 0.717) is 6.10 Å². The predicted octanol–water partition coefficient (Wildman–Crippen LogP) is 1.24. The smallest absolute Gasteiger partial charge is 0.0601 e. The zero-order valence-corrected chi connectivity index (χ0v) is 10.0. The fraction of sp³-hybridized carbons (Fsp3) is 1.00. The lowest BCUT2D eigenvalue weighted by molar-refractivity contribution is -0.0328. The van der Waals surface area contributed by atoms with Crippen LogP contribution in [0.5, 0.6) is 0 Å². The molecule has 1 aliphatic carbocycles. The van der Waals surface area contributed by atoms with Crippen LogP contribution >= 0.6 is 0 Å². The highest BCUT2D eigenvalue weighted by Gasteiger charge is 2.34. The third kappa shape index (κ3) is 2.71. The van der Waals surface area contributed by atoms with Crippen LogP contribution in [0.1, 0.15) is 32.1 Å². The summed E-state index contributed by atoms with van der Waals surface area (Å²) in [6.45, 7) is 2.39. The second kappa shape index (κ2) is 5.28. The Morgan fingerprint density at radius 3 is 2.67 bits per heavy atom. The van der Waals surface area contributed by atoms with Crippen LogP contribution in [0.4, 0.5) is 0 Å². The molecule has 1 atom stereocenters. The monoisotopic (exact) mass is 212 g/mol. The number of rotatable bonds is 3. The van der Waals surface area contributed by atoms with E-state index in [-0.39, 0.29) is 0 Å². The minimum atomic E-state index is 0.529. The van der Waals surface area contributed by atoms with E-state index in [1.165, 1.54) is 45.2 Å². The van der Waals surface area contributed by atoms with Gasteiger partial charge in [0, 0.05) is 19.2 Å². The van der Waals surface area contributed by atoms with Gasteiger partial charge in [-0.2, -0.15) is 0 Å². The molecule has 0 aromatic rings. The summed E-state index contributed by atoms with van der Waals surface area (Å²) in [4.78, 5) is 2.60. The molecule has 0 amide bonds. The van der Waals surface area contributed by atoms with Crippen molar-refractivity contribution in [3.05, 3.63) is 0 Å². The normalized spacial score (nSPS) is 37.4. The van der Waals surface area contributed by atoms with Crippen molar-refractivity contribution >= 4 is 0 Å². The maximum atomic E-state index is 5.34. The van der Waals surface area contributed by atoms with Gasteiger partial charge < -0.3 is 15.0 Å². The molecule has 0 bridgehead atoms. The van der Waals surface area contributed by atoms with Gasteiger partial charge in [-0.05, 0) is 52.2 Å². The van der Waals surface area contributed by atoms with Gasteiger partial charge in [0.15, 0.2) is 0 Å². The zero-order chi connectivity index (χ0) is 10.7. The third-order valence-electron chi connectivity index (χ3n) is 4.10. The van der Waals surface area contributed by atoms with Crippen LogP contribution < -0.4 is 5.32 Å². The fourth-order valence-corrected chi connectivity index (χ4v) is 2.77. The van der Waals surface area contributed by atoms with Crippen molar-refractivity contribution in [2.45, 2.75) is 50.3 Å². The summed E-state index contributed by atoms with van der Waals surface area (Å²) >= 11 is 0. The highest BCUT2D eigenvalue weighted by Crippen LogP contribution is 2.29. The zero-order valence-electron chi connectivity index (χ0n) is 10.0. The molecule has 1 saturated carbocycles. The molecular weight excluding hydrogens is 188 g/mol.